The quantitative estimate of drug-likeness (QED) is 0.546. The van der Waals surface area contributed by atoms with E-state index in [4.69, 9.17) is 44.3 Å². The first kappa shape index (κ1) is 23.1. The van der Waals surface area contributed by atoms with Gasteiger partial charge < -0.3 is 19.7 Å². The third-order valence-corrected chi connectivity index (χ3v) is 3.88. The first-order chi connectivity index (χ1) is 11.8. The molecule has 0 saturated carbocycles. The van der Waals surface area contributed by atoms with E-state index in [0.717, 1.165) is 0 Å². The average molecular weight is 432 g/mol. The van der Waals surface area contributed by atoms with Crippen LogP contribution in [0, 0.1) is 5.92 Å². The molecule has 2 amide bonds. The van der Waals surface area contributed by atoms with Gasteiger partial charge in [-0.05, 0) is 40.5 Å². The molecular weight excluding hydrogens is 407 g/mol. The molecule has 150 valence electrons. The fourth-order valence-corrected chi connectivity index (χ4v) is 2.62. The predicted octanol–water partition coefficient (Wildman–Crippen LogP) is 3.05. The standard InChI is InChI=1S/C16H25Cl3N2O5/c1-10(20-14(24)26-15(2,3)4)12(22)21-7-5-6-11(8-21)13(23)25-9-16(17,18)19/h10-11H,5-9H2,1-4H3,(H,20,24). The van der Waals surface area contributed by atoms with Crippen LogP contribution in [0.3, 0.4) is 0 Å². The molecule has 2 unspecified atom stereocenters. The molecule has 0 radical (unpaired) electrons. The van der Waals surface area contributed by atoms with Gasteiger partial charge in [-0.3, -0.25) is 9.59 Å². The van der Waals surface area contributed by atoms with Crippen LogP contribution in [0.5, 0.6) is 0 Å². The van der Waals surface area contributed by atoms with Crippen LogP contribution >= 0.6 is 34.8 Å². The van der Waals surface area contributed by atoms with Gasteiger partial charge in [-0.15, -0.1) is 0 Å². The fraction of sp³-hybridized carbons (Fsp3) is 0.812. The number of nitrogens with zero attached hydrogens (tertiary/aromatic N) is 1. The summed E-state index contributed by atoms with van der Waals surface area (Å²) in [4.78, 5) is 37.9. The van der Waals surface area contributed by atoms with E-state index in [9.17, 15) is 14.4 Å². The third-order valence-electron chi connectivity index (χ3n) is 3.55. The number of carbonyl (C=O) groups excluding carboxylic acids is 3. The van der Waals surface area contributed by atoms with Gasteiger partial charge in [-0.1, -0.05) is 34.8 Å². The molecule has 7 nitrogen and oxygen atoms in total. The minimum Gasteiger partial charge on any atom is -0.461 e. The average Bonchev–Trinajstić information content (AvgIpc) is 2.49. The van der Waals surface area contributed by atoms with Gasteiger partial charge in [0.25, 0.3) is 0 Å². The number of alkyl carbamates (subject to hydrolysis) is 1. The molecule has 1 rings (SSSR count). The Morgan fingerprint density at radius 3 is 2.38 bits per heavy atom. The van der Waals surface area contributed by atoms with Crippen molar-refractivity contribution in [3.8, 4) is 0 Å². The maximum absolute atomic E-state index is 12.5. The summed E-state index contributed by atoms with van der Waals surface area (Å²) in [5.41, 5.74) is -0.657. The van der Waals surface area contributed by atoms with Crippen molar-refractivity contribution in [3.63, 3.8) is 0 Å². The van der Waals surface area contributed by atoms with Crippen molar-refractivity contribution >= 4 is 52.8 Å². The van der Waals surface area contributed by atoms with Gasteiger partial charge in [0.15, 0.2) is 0 Å². The van der Waals surface area contributed by atoms with Crippen LogP contribution in [0.25, 0.3) is 0 Å². The highest BCUT2D eigenvalue weighted by molar-refractivity contribution is 6.67. The monoisotopic (exact) mass is 430 g/mol. The summed E-state index contributed by atoms with van der Waals surface area (Å²) in [6.07, 6.45) is 0.545. The van der Waals surface area contributed by atoms with Gasteiger partial charge in [0.2, 0.25) is 9.70 Å². The molecule has 1 heterocycles. The van der Waals surface area contributed by atoms with E-state index >= 15 is 0 Å². The van der Waals surface area contributed by atoms with Crippen molar-refractivity contribution in [1.82, 2.24) is 10.2 Å². The van der Waals surface area contributed by atoms with Crippen LogP contribution in [0.2, 0.25) is 0 Å². The Balaban J connectivity index is 2.56. The lowest BCUT2D eigenvalue weighted by molar-refractivity contribution is -0.152. The van der Waals surface area contributed by atoms with Gasteiger partial charge in [0.1, 0.15) is 18.2 Å². The van der Waals surface area contributed by atoms with Crippen molar-refractivity contribution in [2.45, 2.75) is 56.0 Å². The Labute approximate surface area is 168 Å². The molecule has 0 aliphatic carbocycles. The van der Waals surface area contributed by atoms with Crippen LogP contribution in [0.15, 0.2) is 0 Å². The van der Waals surface area contributed by atoms with Gasteiger partial charge in [-0.2, -0.15) is 0 Å². The minimum absolute atomic E-state index is 0.192. The van der Waals surface area contributed by atoms with Crippen molar-refractivity contribution < 1.29 is 23.9 Å². The van der Waals surface area contributed by atoms with E-state index in [1.54, 1.807) is 27.7 Å². The molecule has 1 fully saturated rings. The molecule has 10 heteroatoms. The number of carbonyl (C=O) groups is 3. The molecule has 2 atom stereocenters. The first-order valence-electron chi connectivity index (χ1n) is 8.30. The lowest BCUT2D eigenvalue weighted by Crippen LogP contribution is -2.51. The number of rotatable bonds is 4. The van der Waals surface area contributed by atoms with Crippen LogP contribution < -0.4 is 5.32 Å². The predicted molar refractivity (Wildman–Crippen MR) is 99.4 cm³/mol. The van der Waals surface area contributed by atoms with Crippen molar-refractivity contribution in [2.75, 3.05) is 19.7 Å². The minimum atomic E-state index is -1.67. The Bertz CT molecular complexity index is 531. The number of hydrogen-bond donors (Lipinski definition) is 1. The van der Waals surface area contributed by atoms with Gasteiger partial charge in [0, 0.05) is 13.1 Å². The number of ether oxygens (including phenoxy) is 2. The molecule has 0 aromatic heterocycles. The number of halogens is 3. The lowest BCUT2D eigenvalue weighted by atomic mass is 9.97. The second kappa shape index (κ2) is 9.33. The smallest absolute Gasteiger partial charge is 0.408 e. The number of likely N-dealkylation sites (tertiary alicyclic amines) is 1. The van der Waals surface area contributed by atoms with Gasteiger partial charge >= 0.3 is 12.1 Å². The third kappa shape index (κ3) is 8.64. The highest BCUT2D eigenvalue weighted by Crippen LogP contribution is 2.27. The largest absolute Gasteiger partial charge is 0.461 e. The maximum Gasteiger partial charge on any atom is 0.408 e. The molecule has 1 saturated heterocycles. The summed E-state index contributed by atoms with van der Waals surface area (Å²) >= 11 is 16.7. The molecule has 0 aromatic rings. The van der Waals surface area contributed by atoms with E-state index < -0.39 is 33.4 Å². The number of hydrogen-bond acceptors (Lipinski definition) is 5. The summed E-state index contributed by atoms with van der Waals surface area (Å²) in [5, 5.41) is 2.50. The van der Waals surface area contributed by atoms with Crippen LogP contribution in [-0.2, 0) is 19.1 Å². The van der Waals surface area contributed by atoms with Gasteiger partial charge in [-0.25, -0.2) is 4.79 Å². The van der Waals surface area contributed by atoms with E-state index in [1.807, 2.05) is 0 Å². The molecule has 1 N–H and O–H groups in total. The molecule has 1 aliphatic heterocycles. The van der Waals surface area contributed by atoms with Crippen LogP contribution in [-0.4, -0.2) is 58.0 Å². The number of alkyl halides is 3. The second-order valence-electron chi connectivity index (χ2n) is 7.21. The van der Waals surface area contributed by atoms with Crippen molar-refractivity contribution in [3.05, 3.63) is 0 Å². The molecule has 0 aromatic carbocycles. The van der Waals surface area contributed by atoms with Gasteiger partial charge in [0.05, 0.1) is 5.92 Å². The van der Waals surface area contributed by atoms with Crippen LogP contribution in [0.1, 0.15) is 40.5 Å². The Kier molecular flexibility index (Phi) is 8.30. The van der Waals surface area contributed by atoms with E-state index in [1.165, 1.54) is 4.90 Å². The van der Waals surface area contributed by atoms with Crippen LogP contribution in [0.4, 0.5) is 4.79 Å². The summed E-state index contributed by atoms with van der Waals surface area (Å²) in [7, 11) is 0. The highest BCUT2D eigenvalue weighted by Gasteiger charge is 2.33. The molecule has 26 heavy (non-hydrogen) atoms. The molecular formula is C16H25Cl3N2O5. The zero-order chi connectivity index (χ0) is 20.1. The highest BCUT2D eigenvalue weighted by atomic mass is 35.6. The summed E-state index contributed by atoms with van der Waals surface area (Å²) in [5.74, 6) is -1.30. The summed E-state index contributed by atoms with van der Waals surface area (Å²) < 4.78 is 8.45. The zero-order valence-electron chi connectivity index (χ0n) is 15.3. The van der Waals surface area contributed by atoms with Crippen molar-refractivity contribution in [1.29, 1.82) is 0 Å². The molecule has 1 aliphatic rings. The Morgan fingerprint density at radius 1 is 1.23 bits per heavy atom. The number of nitrogens with one attached hydrogen (secondary N) is 1. The topological polar surface area (TPSA) is 84.9 Å². The van der Waals surface area contributed by atoms with Crippen molar-refractivity contribution in [2.24, 2.45) is 5.92 Å². The summed E-state index contributed by atoms with van der Waals surface area (Å²) in [6.45, 7) is 7.10. The Hall–Kier alpha value is -0.920. The lowest BCUT2D eigenvalue weighted by Gasteiger charge is -2.33. The second-order valence-corrected chi connectivity index (χ2v) is 9.73. The molecule has 0 bridgehead atoms. The Morgan fingerprint density at radius 2 is 1.85 bits per heavy atom. The number of esters is 1. The normalized spacial score (nSPS) is 19.5. The zero-order valence-corrected chi connectivity index (χ0v) is 17.6. The number of piperidine rings is 1. The SMILES string of the molecule is CC(NC(=O)OC(C)(C)C)C(=O)N1CCCC(C(=O)OCC(Cl)(Cl)Cl)C1. The maximum atomic E-state index is 12.5. The van der Waals surface area contributed by atoms with E-state index in [-0.39, 0.29) is 19.1 Å². The van der Waals surface area contributed by atoms with E-state index in [2.05, 4.69) is 5.32 Å². The summed E-state index contributed by atoms with van der Waals surface area (Å²) in [6, 6.07) is -0.777. The first-order valence-corrected chi connectivity index (χ1v) is 9.43. The molecule has 0 spiro atoms. The number of amides is 2. The van der Waals surface area contributed by atoms with E-state index in [0.29, 0.717) is 19.4 Å². The fourth-order valence-electron chi connectivity index (χ4n) is 2.46.